The van der Waals surface area contributed by atoms with Crippen molar-refractivity contribution < 1.29 is 24.3 Å². The van der Waals surface area contributed by atoms with Gasteiger partial charge >= 0.3 is 12.0 Å². The predicted octanol–water partition coefficient (Wildman–Crippen LogP) is -1.63. The quantitative estimate of drug-likeness (QED) is 0.257. The number of hydrogen-bond acceptors (Lipinski definition) is 8. The fraction of sp³-hybridized carbons (Fsp3) is 0.211. The zero-order chi connectivity index (χ0) is 23.3. The van der Waals surface area contributed by atoms with E-state index in [-0.39, 0.29) is 11.4 Å². The molecule has 0 saturated carbocycles. The molecule has 3 rings (SSSR count). The minimum Gasteiger partial charge on any atom is -0.479 e. The first-order valence-electron chi connectivity index (χ1n) is 9.44. The molecule has 0 bridgehead atoms. The van der Waals surface area contributed by atoms with E-state index in [9.17, 15) is 24.3 Å². The van der Waals surface area contributed by atoms with Gasteiger partial charge in [-0.05, 0) is 17.7 Å². The molecule has 4 atom stereocenters. The van der Waals surface area contributed by atoms with Crippen LogP contribution in [0.3, 0.4) is 0 Å². The van der Waals surface area contributed by atoms with Crippen LogP contribution in [0.4, 0.5) is 10.5 Å². The average Bonchev–Trinajstić information content (AvgIpc) is 2.75. The summed E-state index contributed by atoms with van der Waals surface area (Å²) >= 11 is 0. The molecule has 10 N–H and O–H groups in total. The summed E-state index contributed by atoms with van der Waals surface area (Å²) in [5.74, 6) is -2.47. The molecule has 1 aromatic carbocycles. The van der Waals surface area contributed by atoms with Crippen LogP contribution in [0.5, 0.6) is 0 Å². The normalized spacial score (nSPS) is 21.1. The molecule has 1 aliphatic heterocycles. The first-order chi connectivity index (χ1) is 15.2. The van der Waals surface area contributed by atoms with Gasteiger partial charge in [0.2, 0.25) is 5.91 Å². The van der Waals surface area contributed by atoms with Gasteiger partial charge in [0.1, 0.15) is 18.0 Å². The predicted molar refractivity (Wildman–Crippen MR) is 112 cm³/mol. The molecule has 1 aliphatic rings. The highest BCUT2D eigenvalue weighted by atomic mass is 16.4. The van der Waals surface area contributed by atoms with Crippen molar-refractivity contribution in [1.29, 1.82) is 0 Å². The highest BCUT2D eigenvalue weighted by Crippen LogP contribution is 2.14. The van der Waals surface area contributed by atoms with Gasteiger partial charge in [0, 0.05) is 0 Å². The smallest absolute Gasteiger partial charge is 0.330 e. The van der Waals surface area contributed by atoms with Crippen molar-refractivity contribution in [3.63, 3.8) is 0 Å². The van der Waals surface area contributed by atoms with E-state index in [0.717, 1.165) is 0 Å². The van der Waals surface area contributed by atoms with Gasteiger partial charge in [0.05, 0.1) is 18.1 Å². The summed E-state index contributed by atoms with van der Waals surface area (Å²) in [5.41, 5.74) is 11.9. The molecule has 0 radical (unpaired) electrons. The molecule has 1 saturated heterocycles. The van der Waals surface area contributed by atoms with Crippen molar-refractivity contribution >= 4 is 29.5 Å². The van der Waals surface area contributed by atoms with E-state index in [1.165, 1.54) is 18.3 Å². The number of pyridine rings is 1. The van der Waals surface area contributed by atoms with Crippen LogP contribution in [0.2, 0.25) is 0 Å². The van der Waals surface area contributed by atoms with Gasteiger partial charge in [0.15, 0.2) is 6.04 Å². The van der Waals surface area contributed by atoms with Crippen LogP contribution in [0.1, 0.15) is 22.1 Å². The molecular formula is C19H22N8O5. The Balaban J connectivity index is 1.59. The lowest BCUT2D eigenvalue weighted by Gasteiger charge is -2.33. The number of carboxylic acids is 1. The lowest BCUT2D eigenvalue weighted by molar-refractivity contribution is -0.139. The van der Waals surface area contributed by atoms with Crippen molar-refractivity contribution in [2.24, 2.45) is 11.5 Å². The van der Waals surface area contributed by atoms with Gasteiger partial charge in [-0.1, -0.05) is 30.3 Å². The number of urea groups is 1. The maximum absolute atomic E-state index is 12.4. The average molecular weight is 442 g/mol. The Morgan fingerprint density at radius 3 is 2.41 bits per heavy atom. The van der Waals surface area contributed by atoms with E-state index >= 15 is 0 Å². The van der Waals surface area contributed by atoms with Crippen LogP contribution < -0.4 is 38.1 Å². The van der Waals surface area contributed by atoms with E-state index in [1.54, 1.807) is 30.3 Å². The number of benzene rings is 1. The largest absolute Gasteiger partial charge is 0.479 e. The van der Waals surface area contributed by atoms with Gasteiger partial charge in [-0.3, -0.25) is 20.6 Å². The summed E-state index contributed by atoms with van der Waals surface area (Å²) in [7, 11) is 0. The van der Waals surface area contributed by atoms with Crippen LogP contribution in [0, 0.1) is 0 Å². The number of nitrogens with zero attached hydrogens (tertiary/aromatic N) is 1. The van der Waals surface area contributed by atoms with E-state index in [1.807, 2.05) is 0 Å². The molecule has 13 nitrogen and oxygen atoms in total. The number of nitrogens with one attached hydrogen (secondary N) is 5. The molecule has 1 aromatic heterocycles. The SMILES string of the molecule is NC1NC(=O)C(NC(=O)Nc2ccc(C(=O)N[C@H](C(=O)O)c3ccccc3)nc2)C(N)N1. The number of nitrogens with two attached hydrogens (primary N) is 2. The minimum absolute atomic E-state index is 0.0509. The lowest BCUT2D eigenvalue weighted by atomic mass is 10.1. The topological polar surface area (TPSA) is 214 Å². The monoisotopic (exact) mass is 442 g/mol. The van der Waals surface area contributed by atoms with Crippen LogP contribution in [-0.2, 0) is 9.59 Å². The maximum Gasteiger partial charge on any atom is 0.330 e. The van der Waals surface area contributed by atoms with E-state index < -0.39 is 48.4 Å². The van der Waals surface area contributed by atoms with E-state index in [0.29, 0.717) is 5.56 Å². The molecule has 1 fully saturated rings. The Hall–Kier alpha value is -4.07. The zero-order valence-corrected chi connectivity index (χ0v) is 16.6. The second kappa shape index (κ2) is 9.82. The number of carbonyl (C=O) groups is 4. The Morgan fingerprint density at radius 2 is 1.81 bits per heavy atom. The highest BCUT2D eigenvalue weighted by Gasteiger charge is 2.33. The molecule has 168 valence electrons. The number of hydrogen-bond donors (Lipinski definition) is 8. The van der Waals surface area contributed by atoms with Crippen LogP contribution in [0.15, 0.2) is 48.7 Å². The second-order valence-electron chi connectivity index (χ2n) is 6.84. The third-order valence-corrected chi connectivity index (χ3v) is 4.51. The third-order valence-electron chi connectivity index (χ3n) is 4.51. The second-order valence-corrected chi connectivity index (χ2v) is 6.84. The molecule has 13 heteroatoms. The van der Waals surface area contributed by atoms with Crippen molar-refractivity contribution in [3.05, 3.63) is 59.9 Å². The Morgan fingerprint density at radius 1 is 1.09 bits per heavy atom. The van der Waals surface area contributed by atoms with Crippen molar-refractivity contribution in [2.75, 3.05) is 5.32 Å². The Labute approximate surface area is 181 Å². The Bertz CT molecular complexity index is 1000. The van der Waals surface area contributed by atoms with Crippen LogP contribution >= 0.6 is 0 Å². The van der Waals surface area contributed by atoms with Gasteiger partial charge in [-0.15, -0.1) is 0 Å². The number of aliphatic carboxylic acids is 1. The summed E-state index contributed by atoms with van der Waals surface area (Å²) in [6.07, 6.45) is -0.494. The molecule has 4 amide bonds. The van der Waals surface area contributed by atoms with Crippen molar-refractivity contribution in [2.45, 2.75) is 24.5 Å². The third kappa shape index (κ3) is 5.54. The zero-order valence-electron chi connectivity index (χ0n) is 16.6. The summed E-state index contributed by atoms with van der Waals surface area (Å²) in [4.78, 5) is 52.0. The number of amides is 4. The Kier molecular flexibility index (Phi) is 6.94. The summed E-state index contributed by atoms with van der Waals surface area (Å²) < 4.78 is 0. The van der Waals surface area contributed by atoms with Crippen LogP contribution in [-0.4, -0.2) is 52.4 Å². The molecule has 0 spiro atoms. The number of carbonyl (C=O) groups excluding carboxylic acids is 3. The highest BCUT2D eigenvalue weighted by molar-refractivity contribution is 5.96. The number of rotatable bonds is 6. The lowest BCUT2D eigenvalue weighted by Crippen LogP contribution is -2.73. The minimum atomic E-state index is -1.25. The molecular weight excluding hydrogens is 420 g/mol. The number of carboxylic acid groups (broad SMARTS) is 1. The summed E-state index contributed by atoms with van der Waals surface area (Å²) in [6, 6.07) is 7.90. The fourth-order valence-corrected chi connectivity index (χ4v) is 2.96. The van der Waals surface area contributed by atoms with E-state index in [4.69, 9.17) is 11.5 Å². The van der Waals surface area contributed by atoms with Gasteiger partial charge in [-0.25, -0.2) is 14.6 Å². The molecule has 2 heterocycles. The number of anilines is 1. The summed E-state index contributed by atoms with van der Waals surface area (Å²) in [5, 5.41) is 21.7. The van der Waals surface area contributed by atoms with E-state index in [2.05, 4.69) is 31.6 Å². The standard InChI is InChI=1S/C19H22N8O5/c20-14-13(16(29)27-18(21)26-14)25-19(32)23-10-6-7-11(22-8-10)15(28)24-12(17(30)31)9-4-2-1-3-5-9/h1-8,12-14,18,26H,20-21H2,(H,24,28)(H,27,29)(H,30,31)(H2,23,25,32)/t12-,13?,14?,18?/m0/s1. The first kappa shape index (κ1) is 22.6. The van der Waals surface area contributed by atoms with Crippen LogP contribution in [0.25, 0.3) is 0 Å². The molecule has 3 unspecified atom stereocenters. The van der Waals surface area contributed by atoms with Crippen molar-refractivity contribution in [3.8, 4) is 0 Å². The molecule has 2 aromatic rings. The fourth-order valence-electron chi connectivity index (χ4n) is 2.96. The number of aromatic nitrogens is 1. The summed E-state index contributed by atoms with van der Waals surface area (Å²) in [6.45, 7) is 0. The van der Waals surface area contributed by atoms with Gasteiger partial charge in [0.25, 0.3) is 5.91 Å². The van der Waals surface area contributed by atoms with Gasteiger partial charge in [-0.2, -0.15) is 0 Å². The van der Waals surface area contributed by atoms with Gasteiger partial charge < -0.3 is 32.1 Å². The maximum atomic E-state index is 12.4. The molecule has 0 aliphatic carbocycles. The molecule has 32 heavy (non-hydrogen) atoms. The van der Waals surface area contributed by atoms with Crippen molar-refractivity contribution in [1.82, 2.24) is 26.3 Å². The first-order valence-corrected chi connectivity index (χ1v) is 9.44.